The lowest BCUT2D eigenvalue weighted by Gasteiger charge is -2.07. The van der Waals surface area contributed by atoms with Crippen LogP contribution in [0, 0.1) is 18.8 Å². The molecule has 0 aliphatic rings. The summed E-state index contributed by atoms with van der Waals surface area (Å²) in [6.07, 6.45) is 0. The van der Waals surface area contributed by atoms with Crippen LogP contribution >= 0.6 is 11.3 Å². The van der Waals surface area contributed by atoms with Crippen LogP contribution in [0.5, 0.6) is 11.5 Å². The number of nitrogens with one attached hydrogen (secondary N) is 1. The molecule has 1 N–H and O–H groups in total. The molecule has 0 atom stereocenters. The van der Waals surface area contributed by atoms with Crippen molar-refractivity contribution in [1.29, 1.82) is 0 Å². The quantitative estimate of drug-likeness (QED) is 0.863. The fourth-order valence-corrected chi connectivity index (χ4v) is 2.54. The minimum Gasteiger partial charge on any atom is -0.493 e. The number of hydrogen-bond donors (Lipinski definition) is 1. The Bertz CT molecular complexity index is 697. The van der Waals surface area contributed by atoms with Gasteiger partial charge in [0.2, 0.25) is 0 Å². The Morgan fingerprint density at radius 1 is 1.27 bits per heavy atom. The smallest absolute Gasteiger partial charge is 0.262 e. The molecule has 0 fully saturated rings. The Hall–Kier alpha value is -2.45. The lowest BCUT2D eigenvalue weighted by Crippen LogP contribution is -2.22. The second kappa shape index (κ2) is 8.11. The molecule has 0 saturated carbocycles. The number of benzene rings is 1. The van der Waals surface area contributed by atoms with Crippen molar-refractivity contribution in [3.05, 3.63) is 46.2 Å². The Balaban J connectivity index is 1.74. The average molecular weight is 315 g/mol. The van der Waals surface area contributed by atoms with Crippen molar-refractivity contribution >= 4 is 17.2 Å². The molecule has 0 radical (unpaired) electrons. The van der Waals surface area contributed by atoms with Crippen LogP contribution in [0.3, 0.4) is 0 Å². The van der Waals surface area contributed by atoms with Gasteiger partial charge in [-0.05, 0) is 36.1 Å². The van der Waals surface area contributed by atoms with Crippen LogP contribution in [-0.2, 0) is 0 Å². The highest BCUT2D eigenvalue weighted by Crippen LogP contribution is 2.25. The Kier molecular flexibility index (Phi) is 5.87. The number of thiophene rings is 1. The first-order valence-electron chi connectivity index (χ1n) is 6.75. The normalized spacial score (nSPS) is 9.55. The van der Waals surface area contributed by atoms with Gasteiger partial charge in [0, 0.05) is 0 Å². The number of ether oxygens (including phenoxy) is 2. The SMILES string of the molecule is COc1ccccc1OCC#CCNC(=O)c1cc(C)cs1. The molecule has 0 aliphatic heterocycles. The fraction of sp³-hybridized carbons (Fsp3) is 0.235. The molecule has 2 aromatic rings. The minimum absolute atomic E-state index is 0.0990. The zero-order valence-electron chi connectivity index (χ0n) is 12.5. The van der Waals surface area contributed by atoms with Crippen LogP contribution in [-0.4, -0.2) is 26.2 Å². The van der Waals surface area contributed by atoms with E-state index in [1.165, 1.54) is 11.3 Å². The van der Waals surface area contributed by atoms with Crippen LogP contribution in [0.15, 0.2) is 35.7 Å². The van der Waals surface area contributed by atoms with Crippen LogP contribution in [0.4, 0.5) is 0 Å². The number of methoxy groups -OCH3 is 1. The number of aryl methyl sites for hydroxylation is 1. The number of hydrogen-bond acceptors (Lipinski definition) is 4. The summed E-state index contributed by atoms with van der Waals surface area (Å²) in [5, 5.41) is 4.70. The summed E-state index contributed by atoms with van der Waals surface area (Å²) < 4.78 is 10.7. The second-order valence-corrected chi connectivity index (χ2v) is 5.38. The zero-order chi connectivity index (χ0) is 15.8. The van der Waals surface area contributed by atoms with E-state index >= 15 is 0 Å². The molecule has 5 heteroatoms. The molecule has 2 rings (SSSR count). The van der Waals surface area contributed by atoms with Gasteiger partial charge in [-0.3, -0.25) is 4.79 Å². The molecule has 1 amide bonds. The number of carbonyl (C=O) groups excluding carboxylic acids is 1. The van der Waals surface area contributed by atoms with E-state index in [0.717, 1.165) is 5.56 Å². The summed E-state index contributed by atoms with van der Waals surface area (Å²) in [6.45, 7) is 2.50. The molecule has 0 bridgehead atoms. The Labute approximate surface area is 134 Å². The van der Waals surface area contributed by atoms with Crippen molar-refractivity contribution in [3.63, 3.8) is 0 Å². The van der Waals surface area contributed by atoms with Gasteiger partial charge < -0.3 is 14.8 Å². The first-order valence-corrected chi connectivity index (χ1v) is 7.63. The number of carbonyl (C=O) groups is 1. The Morgan fingerprint density at radius 2 is 2.05 bits per heavy atom. The van der Waals surface area contributed by atoms with Gasteiger partial charge in [0.15, 0.2) is 11.5 Å². The molecule has 0 unspecified atom stereocenters. The third-order valence-electron chi connectivity index (χ3n) is 2.79. The monoisotopic (exact) mass is 315 g/mol. The predicted molar refractivity (Wildman–Crippen MR) is 87.7 cm³/mol. The molecule has 4 nitrogen and oxygen atoms in total. The van der Waals surface area contributed by atoms with E-state index in [1.54, 1.807) is 7.11 Å². The molecule has 0 saturated heterocycles. The topological polar surface area (TPSA) is 47.6 Å². The third-order valence-corrected chi connectivity index (χ3v) is 3.83. The second-order valence-electron chi connectivity index (χ2n) is 4.46. The van der Waals surface area contributed by atoms with Crippen molar-refractivity contribution in [2.45, 2.75) is 6.92 Å². The summed E-state index contributed by atoms with van der Waals surface area (Å²) >= 11 is 1.43. The van der Waals surface area contributed by atoms with E-state index < -0.39 is 0 Å². The average Bonchev–Trinajstić information content (AvgIpc) is 2.97. The van der Waals surface area contributed by atoms with Crippen LogP contribution < -0.4 is 14.8 Å². The highest BCUT2D eigenvalue weighted by Gasteiger charge is 2.05. The van der Waals surface area contributed by atoms with Gasteiger partial charge in [0.1, 0.15) is 6.61 Å². The highest BCUT2D eigenvalue weighted by molar-refractivity contribution is 7.12. The number of rotatable bonds is 5. The molecule has 0 spiro atoms. The largest absolute Gasteiger partial charge is 0.493 e. The maximum Gasteiger partial charge on any atom is 0.262 e. The van der Waals surface area contributed by atoms with Gasteiger partial charge >= 0.3 is 0 Å². The van der Waals surface area contributed by atoms with Crippen molar-refractivity contribution < 1.29 is 14.3 Å². The molecular weight excluding hydrogens is 298 g/mol. The molecule has 1 heterocycles. The maximum absolute atomic E-state index is 11.8. The van der Waals surface area contributed by atoms with Gasteiger partial charge in [-0.1, -0.05) is 24.0 Å². The van der Waals surface area contributed by atoms with E-state index in [9.17, 15) is 4.79 Å². The van der Waals surface area contributed by atoms with E-state index in [1.807, 2.05) is 42.6 Å². The van der Waals surface area contributed by atoms with Gasteiger partial charge in [-0.15, -0.1) is 11.3 Å². The van der Waals surface area contributed by atoms with Crippen molar-refractivity contribution in [1.82, 2.24) is 5.32 Å². The van der Waals surface area contributed by atoms with Crippen LogP contribution in [0.1, 0.15) is 15.2 Å². The van der Waals surface area contributed by atoms with E-state index in [0.29, 0.717) is 22.9 Å². The molecule has 1 aromatic carbocycles. The van der Waals surface area contributed by atoms with E-state index in [2.05, 4.69) is 17.2 Å². The summed E-state index contributed by atoms with van der Waals surface area (Å²) in [4.78, 5) is 12.5. The van der Waals surface area contributed by atoms with E-state index in [4.69, 9.17) is 9.47 Å². The zero-order valence-corrected chi connectivity index (χ0v) is 13.3. The number of para-hydroxylation sites is 2. The van der Waals surface area contributed by atoms with Gasteiger partial charge in [-0.25, -0.2) is 0 Å². The Morgan fingerprint density at radius 3 is 2.73 bits per heavy atom. The summed E-state index contributed by atoms with van der Waals surface area (Å²) in [5.41, 5.74) is 1.09. The molecule has 22 heavy (non-hydrogen) atoms. The lowest BCUT2D eigenvalue weighted by molar-refractivity contribution is 0.0962. The molecule has 114 valence electrons. The highest BCUT2D eigenvalue weighted by atomic mass is 32.1. The number of amides is 1. The predicted octanol–water partition coefficient (Wildman–Crippen LogP) is 2.88. The van der Waals surface area contributed by atoms with Gasteiger partial charge in [0.05, 0.1) is 18.5 Å². The van der Waals surface area contributed by atoms with Crippen molar-refractivity contribution in [2.75, 3.05) is 20.3 Å². The maximum atomic E-state index is 11.8. The van der Waals surface area contributed by atoms with Crippen LogP contribution in [0.25, 0.3) is 0 Å². The van der Waals surface area contributed by atoms with Crippen molar-refractivity contribution in [3.8, 4) is 23.3 Å². The standard InChI is InChI=1S/C17H17NO3S/c1-13-11-16(22-12-13)17(19)18-9-5-6-10-21-15-8-4-3-7-14(15)20-2/h3-4,7-8,11-12H,9-10H2,1-2H3,(H,18,19). The van der Waals surface area contributed by atoms with Gasteiger partial charge in [-0.2, -0.15) is 0 Å². The third kappa shape index (κ3) is 4.54. The first-order chi connectivity index (χ1) is 10.7. The molecule has 0 aliphatic carbocycles. The first kappa shape index (κ1) is 15.9. The molecule has 1 aromatic heterocycles. The minimum atomic E-state index is -0.0990. The van der Waals surface area contributed by atoms with E-state index in [-0.39, 0.29) is 12.5 Å². The molecular formula is C17H17NO3S. The summed E-state index contributed by atoms with van der Waals surface area (Å²) in [6, 6.07) is 9.25. The van der Waals surface area contributed by atoms with Gasteiger partial charge in [0.25, 0.3) is 5.91 Å². The lowest BCUT2D eigenvalue weighted by atomic mass is 10.3. The van der Waals surface area contributed by atoms with Crippen LogP contribution in [0.2, 0.25) is 0 Å². The fourth-order valence-electron chi connectivity index (χ4n) is 1.73. The van der Waals surface area contributed by atoms with Crippen molar-refractivity contribution in [2.24, 2.45) is 0 Å². The summed E-state index contributed by atoms with van der Waals surface area (Å²) in [5.74, 6) is 6.94. The summed E-state index contributed by atoms with van der Waals surface area (Å²) in [7, 11) is 1.59.